The molecule has 0 radical (unpaired) electrons. The molecule has 0 spiro atoms. The predicted molar refractivity (Wildman–Crippen MR) is 64.2 cm³/mol. The molecule has 3 unspecified atom stereocenters. The van der Waals surface area contributed by atoms with E-state index in [9.17, 15) is 14.4 Å². The van der Waals surface area contributed by atoms with Gasteiger partial charge in [-0.05, 0) is 0 Å². The summed E-state index contributed by atoms with van der Waals surface area (Å²) < 4.78 is 5.16. The van der Waals surface area contributed by atoms with Crippen LogP contribution in [-0.2, 0) is 19.1 Å². The van der Waals surface area contributed by atoms with Gasteiger partial charge in [-0.15, -0.1) is 0 Å². The van der Waals surface area contributed by atoms with Crippen molar-refractivity contribution >= 4 is 17.8 Å². The van der Waals surface area contributed by atoms with Crippen LogP contribution >= 0.6 is 0 Å². The molecule has 0 aromatic rings. The van der Waals surface area contributed by atoms with Crippen molar-refractivity contribution in [1.82, 2.24) is 9.80 Å². The Hall–Kier alpha value is -1.63. The van der Waals surface area contributed by atoms with Crippen molar-refractivity contribution in [2.24, 2.45) is 11.8 Å². The third kappa shape index (κ3) is 2.56. The SMILES string of the molecule is CN1CC(C(=O)N(C)C2COCC2C(=O)O)CC1=O. The fourth-order valence-corrected chi connectivity index (χ4v) is 2.64. The molecule has 2 saturated heterocycles. The summed E-state index contributed by atoms with van der Waals surface area (Å²) in [5, 5.41) is 9.08. The van der Waals surface area contributed by atoms with Gasteiger partial charge in [-0.3, -0.25) is 14.4 Å². The van der Waals surface area contributed by atoms with Crippen LogP contribution in [0.3, 0.4) is 0 Å². The first kappa shape index (κ1) is 13.8. The maximum atomic E-state index is 12.3. The molecule has 2 aliphatic heterocycles. The molecule has 7 nitrogen and oxygen atoms in total. The molecule has 2 amide bonds. The van der Waals surface area contributed by atoms with Gasteiger partial charge < -0.3 is 19.6 Å². The van der Waals surface area contributed by atoms with Crippen molar-refractivity contribution in [3.05, 3.63) is 0 Å². The van der Waals surface area contributed by atoms with E-state index in [1.165, 1.54) is 9.80 Å². The van der Waals surface area contributed by atoms with Crippen LogP contribution in [0.15, 0.2) is 0 Å². The Labute approximate surface area is 111 Å². The molecule has 0 saturated carbocycles. The highest BCUT2D eigenvalue weighted by Crippen LogP contribution is 2.24. The Kier molecular flexibility index (Phi) is 3.75. The fraction of sp³-hybridized carbons (Fsp3) is 0.750. The van der Waals surface area contributed by atoms with Crippen LogP contribution < -0.4 is 0 Å². The van der Waals surface area contributed by atoms with E-state index in [0.717, 1.165) is 0 Å². The van der Waals surface area contributed by atoms with Crippen LogP contribution in [0, 0.1) is 11.8 Å². The number of likely N-dealkylation sites (tertiary alicyclic amines) is 1. The van der Waals surface area contributed by atoms with Gasteiger partial charge in [0.1, 0.15) is 5.92 Å². The zero-order valence-corrected chi connectivity index (χ0v) is 11.0. The number of carboxylic acids is 1. The van der Waals surface area contributed by atoms with E-state index in [1.807, 2.05) is 0 Å². The average molecular weight is 270 g/mol. The lowest BCUT2D eigenvalue weighted by Gasteiger charge is -2.28. The molecule has 106 valence electrons. The second-order valence-electron chi connectivity index (χ2n) is 5.17. The molecule has 2 fully saturated rings. The van der Waals surface area contributed by atoms with Crippen molar-refractivity contribution in [3.63, 3.8) is 0 Å². The summed E-state index contributed by atoms with van der Waals surface area (Å²) in [6.45, 7) is 0.754. The maximum absolute atomic E-state index is 12.3. The Morgan fingerprint density at radius 1 is 1.42 bits per heavy atom. The largest absolute Gasteiger partial charge is 0.481 e. The average Bonchev–Trinajstić information content (AvgIpc) is 2.95. The lowest BCUT2D eigenvalue weighted by atomic mass is 10.00. The topological polar surface area (TPSA) is 87.2 Å². The summed E-state index contributed by atoms with van der Waals surface area (Å²) in [5.74, 6) is -2.26. The third-order valence-corrected chi connectivity index (χ3v) is 3.90. The number of carbonyl (C=O) groups excluding carboxylic acids is 2. The summed E-state index contributed by atoms with van der Waals surface area (Å²) >= 11 is 0. The summed E-state index contributed by atoms with van der Waals surface area (Å²) in [5.41, 5.74) is 0. The van der Waals surface area contributed by atoms with Crippen LogP contribution in [0.4, 0.5) is 0 Å². The van der Waals surface area contributed by atoms with Crippen molar-refractivity contribution in [2.45, 2.75) is 12.5 Å². The number of hydrogen-bond acceptors (Lipinski definition) is 4. The number of rotatable bonds is 3. The lowest BCUT2D eigenvalue weighted by molar-refractivity contribution is -0.145. The molecule has 7 heteroatoms. The summed E-state index contributed by atoms with van der Waals surface area (Å²) in [6.07, 6.45) is 0.199. The fourth-order valence-electron chi connectivity index (χ4n) is 2.64. The van der Waals surface area contributed by atoms with E-state index < -0.39 is 17.9 Å². The number of carbonyl (C=O) groups is 3. The van der Waals surface area contributed by atoms with Gasteiger partial charge in [-0.2, -0.15) is 0 Å². The molecular weight excluding hydrogens is 252 g/mol. The molecular formula is C12H18N2O5. The van der Waals surface area contributed by atoms with Gasteiger partial charge in [0.2, 0.25) is 11.8 Å². The number of ether oxygens (including phenoxy) is 1. The Balaban J connectivity index is 2.03. The third-order valence-electron chi connectivity index (χ3n) is 3.90. The molecule has 2 heterocycles. The molecule has 2 rings (SSSR count). The number of likely N-dealkylation sites (N-methyl/N-ethyl adjacent to an activating group) is 1. The quantitative estimate of drug-likeness (QED) is 0.712. The number of aliphatic carboxylic acids is 1. The molecule has 0 aromatic heterocycles. The number of carboxylic acid groups (broad SMARTS) is 1. The lowest BCUT2D eigenvalue weighted by Crippen LogP contribution is -2.46. The van der Waals surface area contributed by atoms with Crippen molar-refractivity contribution in [1.29, 1.82) is 0 Å². The van der Waals surface area contributed by atoms with Crippen LogP contribution in [0.5, 0.6) is 0 Å². The van der Waals surface area contributed by atoms with Crippen molar-refractivity contribution in [3.8, 4) is 0 Å². The summed E-state index contributed by atoms with van der Waals surface area (Å²) in [7, 11) is 3.24. The monoisotopic (exact) mass is 270 g/mol. The highest BCUT2D eigenvalue weighted by atomic mass is 16.5. The first-order chi connectivity index (χ1) is 8.91. The van der Waals surface area contributed by atoms with Crippen LogP contribution in [0.2, 0.25) is 0 Å². The van der Waals surface area contributed by atoms with E-state index in [1.54, 1.807) is 14.1 Å². The number of amides is 2. The molecule has 0 bridgehead atoms. The molecule has 1 N–H and O–H groups in total. The zero-order chi connectivity index (χ0) is 14.2. The molecule has 0 aliphatic carbocycles. The first-order valence-corrected chi connectivity index (χ1v) is 6.23. The van der Waals surface area contributed by atoms with Gasteiger partial charge in [0.25, 0.3) is 0 Å². The van der Waals surface area contributed by atoms with Gasteiger partial charge in [0, 0.05) is 27.1 Å². The Morgan fingerprint density at radius 2 is 2.11 bits per heavy atom. The zero-order valence-electron chi connectivity index (χ0n) is 11.0. The molecule has 3 atom stereocenters. The van der Waals surface area contributed by atoms with Crippen LogP contribution in [0.1, 0.15) is 6.42 Å². The van der Waals surface area contributed by atoms with Crippen molar-refractivity contribution in [2.75, 3.05) is 33.9 Å². The molecule has 2 aliphatic rings. The maximum Gasteiger partial charge on any atom is 0.311 e. The second kappa shape index (κ2) is 5.16. The van der Waals surface area contributed by atoms with Gasteiger partial charge in [-0.25, -0.2) is 0 Å². The van der Waals surface area contributed by atoms with E-state index in [4.69, 9.17) is 9.84 Å². The minimum absolute atomic E-state index is 0.0517. The highest BCUT2D eigenvalue weighted by Gasteiger charge is 2.42. The van der Waals surface area contributed by atoms with Crippen molar-refractivity contribution < 1.29 is 24.2 Å². The van der Waals surface area contributed by atoms with Crippen LogP contribution in [-0.4, -0.2) is 72.6 Å². The van der Waals surface area contributed by atoms with Gasteiger partial charge in [0.05, 0.1) is 25.2 Å². The Bertz CT molecular complexity index is 411. The minimum Gasteiger partial charge on any atom is -0.481 e. The minimum atomic E-state index is -0.957. The van der Waals surface area contributed by atoms with E-state index >= 15 is 0 Å². The van der Waals surface area contributed by atoms with Gasteiger partial charge >= 0.3 is 5.97 Å². The smallest absolute Gasteiger partial charge is 0.311 e. The van der Waals surface area contributed by atoms with Crippen LogP contribution in [0.25, 0.3) is 0 Å². The second-order valence-corrected chi connectivity index (χ2v) is 5.17. The van der Waals surface area contributed by atoms with E-state index in [-0.39, 0.29) is 37.4 Å². The highest BCUT2D eigenvalue weighted by molar-refractivity contribution is 5.89. The predicted octanol–water partition coefficient (Wildman–Crippen LogP) is -0.977. The van der Waals surface area contributed by atoms with Gasteiger partial charge in [-0.1, -0.05) is 0 Å². The van der Waals surface area contributed by atoms with Gasteiger partial charge in [0.15, 0.2) is 0 Å². The number of nitrogens with zero attached hydrogens (tertiary/aromatic N) is 2. The standard InChI is InChI=1S/C12H18N2O5/c1-13-4-7(3-10(13)15)11(16)14(2)9-6-19-5-8(9)12(17)18/h7-9H,3-6H2,1-2H3,(H,17,18). The van der Waals surface area contributed by atoms with E-state index in [2.05, 4.69) is 0 Å². The normalized spacial score (nSPS) is 30.7. The summed E-state index contributed by atoms with van der Waals surface area (Å²) in [6, 6.07) is -0.453. The molecule has 0 aromatic carbocycles. The number of hydrogen-bond donors (Lipinski definition) is 1. The molecule has 19 heavy (non-hydrogen) atoms. The Morgan fingerprint density at radius 3 is 2.63 bits per heavy atom. The summed E-state index contributed by atoms with van der Waals surface area (Å²) in [4.78, 5) is 37.8. The first-order valence-electron chi connectivity index (χ1n) is 6.23. The van der Waals surface area contributed by atoms with E-state index in [0.29, 0.717) is 6.54 Å².